The number of nitrogens with zero attached hydrogens (tertiary/aromatic N) is 1. The minimum atomic E-state index is -0.833. The zero-order valence-corrected chi connectivity index (χ0v) is 16.6. The average Bonchev–Trinajstić information content (AvgIpc) is 3.51. The van der Waals surface area contributed by atoms with Crippen molar-refractivity contribution in [2.75, 3.05) is 19.5 Å². The number of primary amides is 2. The molecule has 0 bridgehead atoms. The van der Waals surface area contributed by atoms with Crippen LogP contribution < -0.4 is 36.9 Å². The lowest BCUT2D eigenvalue weighted by Gasteiger charge is -2.34. The molecule has 0 aromatic heterocycles. The van der Waals surface area contributed by atoms with Gasteiger partial charge in [0.15, 0.2) is 6.04 Å². The largest absolute Gasteiger partial charge is 0.497 e. The lowest BCUT2D eigenvalue weighted by atomic mass is 10.1. The van der Waals surface area contributed by atoms with E-state index in [1.54, 1.807) is 38.6 Å². The summed E-state index contributed by atoms with van der Waals surface area (Å²) in [4.78, 5) is 27.9. The summed E-state index contributed by atoms with van der Waals surface area (Å²) in [5, 5.41) is 9.60. The number of hydrogen-bond acceptors (Lipinski definition) is 8. The van der Waals surface area contributed by atoms with Gasteiger partial charge in [0.05, 0.1) is 26.4 Å². The van der Waals surface area contributed by atoms with E-state index in [2.05, 4.69) is 20.9 Å². The molecule has 1 heterocycles. The quantitative estimate of drug-likeness (QED) is 0.354. The van der Waals surface area contributed by atoms with E-state index < -0.39 is 36.2 Å². The van der Waals surface area contributed by atoms with Gasteiger partial charge in [0.1, 0.15) is 17.7 Å². The molecule has 0 spiro atoms. The van der Waals surface area contributed by atoms with Gasteiger partial charge in [-0.2, -0.15) is 0 Å². The summed E-state index contributed by atoms with van der Waals surface area (Å²) in [6.45, 7) is 0. The number of aliphatic imine (C=N–C) groups is 1. The van der Waals surface area contributed by atoms with Crippen LogP contribution in [-0.2, 0) is 9.59 Å². The van der Waals surface area contributed by atoms with Gasteiger partial charge in [-0.3, -0.25) is 25.2 Å². The molecular formula is C19H28N6O4. The third kappa shape index (κ3) is 5.58. The molecule has 1 aliphatic carbocycles. The first-order valence-corrected chi connectivity index (χ1v) is 9.53. The predicted octanol–water partition coefficient (Wildman–Crippen LogP) is -0.461. The lowest BCUT2D eigenvalue weighted by molar-refractivity contribution is -0.121. The molecular weight excluding hydrogens is 376 g/mol. The molecule has 3 rings (SSSR count). The molecule has 1 aromatic rings. The number of anilines is 1. The highest BCUT2D eigenvalue weighted by Crippen LogP contribution is 2.33. The van der Waals surface area contributed by atoms with Crippen molar-refractivity contribution < 1.29 is 19.1 Å². The van der Waals surface area contributed by atoms with Gasteiger partial charge in [-0.05, 0) is 12.3 Å². The van der Waals surface area contributed by atoms with Crippen LogP contribution in [0.4, 0.5) is 5.69 Å². The van der Waals surface area contributed by atoms with E-state index in [0.717, 1.165) is 12.8 Å². The number of nitrogens with one attached hydrogen (secondary N) is 3. The Kier molecular flexibility index (Phi) is 6.55. The van der Waals surface area contributed by atoms with Crippen LogP contribution in [0.15, 0.2) is 23.2 Å². The fourth-order valence-electron chi connectivity index (χ4n) is 3.28. The van der Waals surface area contributed by atoms with Crippen LogP contribution in [0.3, 0.4) is 0 Å². The van der Waals surface area contributed by atoms with Crippen molar-refractivity contribution in [3.8, 4) is 11.5 Å². The fraction of sp³-hybridized carbons (Fsp3) is 0.526. The molecule has 7 N–H and O–H groups in total. The monoisotopic (exact) mass is 404 g/mol. The third-order valence-corrected chi connectivity index (χ3v) is 5.03. The molecule has 3 unspecified atom stereocenters. The maximum Gasteiger partial charge on any atom is 0.245 e. The van der Waals surface area contributed by atoms with Crippen molar-refractivity contribution in [2.24, 2.45) is 22.4 Å². The predicted molar refractivity (Wildman–Crippen MR) is 109 cm³/mol. The number of carbonyl (C=O) groups is 2. The second-order valence-electron chi connectivity index (χ2n) is 7.31. The summed E-state index contributed by atoms with van der Waals surface area (Å²) in [7, 11) is 3.11. The van der Waals surface area contributed by atoms with Crippen LogP contribution in [0, 0.1) is 5.92 Å². The number of hydrogen-bond donors (Lipinski definition) is 5. The van der Waals surface area contributed by atoms with Crippen molar-refractivity contribution in [2.45, 2.75) is 43.7 Å². The molecule has 2 amide bonds. The van der Waals surface area contributed by atoms with Crippen molar-refractivity contribution in [3.63, 3.8) is 0 Å². The Bertz CT molecular complexity index is 760. The van der Waals surface area contributed by atoms with E-state index >= 15 is 0 Å². The standard InChI is InChI=1S/C19H28N6O4/c1-28-12-6-11(7-13(8-12)29-2)23-19-16(18(21)27)22-9-15(25-19)24-14(17(20)26)5-10-3-4-10/h6-10,14-16,19,23-25H,3-5H2,1-2H3,(H2,20,26)(H2,21,27)/t14-,15?,16?,19?/m1/s1. The van der Waals surface area contributed by atoms with Crippen molar-refractivity contribution in [1.82, 2.24) is 10.6 Å². The highest BCUT2D eigenvalue weighted by atomic mass is 16.5. The van der Waals surface area contributed by atoms with Gasteiger partial charge >= 0.3 is 0 Å². The van der Waals surface area contributed by atoms with Gasteiger partial charge in [-0.15, -0.1) is 0 Å². The Morgan fingerprint density at radius 2 is 1.86 bits per heavy atom. The van der Waals surface area contributed by atoms with E-state index in [1.165, 1.54) is 0 Å². The van der Waals surface area contributed by atoms with Crippen molar-refractivity contribution >= 4 is 23.7 Å². The highest BCUT2D eigenvalue weighted by Gasteiger charge is 2.34. The Balaban J connectivity index is 1.74. The Morgan fingerprint density at radius 3 is 2.38 bits per heavy atom. The number of methoxy groups -OCH3 is 2. The van der Waals surface area contributed by atoms with Crippen LogP contribution >= 0.6 is 0 Å². The molecule has 29 heavy (non-hydrogen) atoms. The molecule has 1 fully saturated rings. The van der Waals surface area contributed by atoms with Gasteiger partial charge < -0.3 is 26.3 Å². The Morgan fingerprint density at radius 1 is 1.21 bits per heavy atom. The smallest absolute Gasteiger partial charge is 0.245 e. The zero-order chi connectivity index (χ0) is 21.0. The summed E-state index contributed by atoms with van der Waals surface area (Å²) >= 11 is 0. The fourth-order valence-corrected chi connectivity index (χ4v) is 3.28. The molecule has 10 nitrogen and oxygen atoms in total. The zero-order valence-electron chi connectivity index (χ0n) is 16.6. The van der Waals surface area contributed by atoms with E-state index in [9.17, 15) is 9.59 Å². The summed E-state index contributed by atoms with van der Waals surface area (Å²) < 4.78 is 10.6. The molecule has 1 saturated carbocycles. The number of ether oxygens (including phenoxy) is 2. The SMILES string of the molecule is COc1cc(NC2NC(N[C@H](CC3CC3)C(N)=O)C=NC2C(N)=O)cc(OC)c1. The molecule has 2 aliphatic rings. The van der Waals surface area contributed by atoms with E-state index in [0.29, 0.717) is 29.5 Å². The van der Waals surface area contributed by atoms with Crippen LogP contribution in [0.2, 0.25) is 0 Å². The molecule has 4 atom stereocenters. The minimum absolute atomic E-state index is 0.411. The van der Waals surface area contributed by atoms with Crippen LogP contribution in [-0.4, -0.2) is 56.7 Å². The van der Waals surface area contributed by atoms with Crippen LogP contribution in [0.5, 0.6) is 11.5 Å². The van der Waals surface area contributed by atoms with Crippen molar-refractivity contribution in [3.05, 3.63) is 18.2 Å². The molecule has 1 aromatic carbocycles. The average molecular weight is 404 g/mol. The number of rotatable bonds is 10. The normalized spacial score (nSPS) is 24.6. The van der Waals surface area contributed by atoms with Crippen LogP contribution in [0.25, 0.3) is 0 Å². The first-order valence-electron chi connectivity index (χ1n) is 9.53. The maximum absolute atomic E-state index is 11.9. The summed E-state index contributed by atoms with van der Waals surface area (Å²) in [6.07, 6.45) is 3.40. The van der Waals surface area contributed by atoms with Gasteiger partial charge in [0.2, 0.25) is 11.8 Å². The van der Waals surface area contributed by atoms with E-state index in [-0.39, 0.29) is 0 Å². The van der Waals surface area contributed by atoms with Crippen LogP contribution in [0.1, 0.15) is 19.3 Å². The second kappa shape index (κ2) is 9.10. The van der Waals surface area contributed by atoms with Crippen molar-refractivity contribution in [1.29, 1.82) is 0 Å². The third-order valence-electron chi connectivity index (χ3n) is 5.03. The first kappa shape index (κ1) is 20.9. The number of nitrogens with two attached hydrogens (primary N) is 2. The molecule has 1 aliphatic heterocycles. The van der Waals surface area contributed by atoms with E-state index in [4.69, 9.17) is 20.9 Å². The molecule has 10 heteroatoms. The minimum Gasteiger partial charge on any atom is -0.497 e. The number of benzene rings is 1. The summed E-state index contributed by atoms with van der Waals surface area (Å²) in [5.74, 6) is 0.719. The number of amides is 2. The first-order chi connectivity index (χ1) is 13.9. The topological polar surface area (TPSA) is 153 Å². The number of carbonyl (C=O) groups excluding carboxylic acids is 2. The summed E-state index contributed by atoms with van der Waals surface area (Å²) in [5.41, 5.74) is 11.7. The maximum atomic E-state index is 11.9. The lowest BCUT2D eigenvalue weighted by Crippen LogP contribution is -2.63. The van der Waals surface area contributed by atoms with Gasteiger partial charge in [0.25, 0.3) is 0 Å². The van der Waals surface area contributed by atoms with Gasteiger partial charge in [-0.25, -0.2) is 0 Å². The molecule has 0 saturated heterocycles. The highest BCUT2D eigenvalue weighted by molar-refractivity contribution is 5.85. The molecule has 158 valence electrons. The summed E-state index contributed by atoms with van der Waals surface area (Å²) in [6, 6.07) is 3.96. The van der Waals surface area contributed by atoms with E-state index in [1.807, 2.05) is 0 Å². The van der Waals surface area contributed by atoms with Gasteiger partial charge in [0, 0.05) is 30.1 Å². The Hall–Kier alpha value is -2.85. The Labute approximate surface area is 169 Å². The van der Waals surface area contributed by atoms with Gasteiger partial charge in [-0.1, -0.05) is 12.8 Å². The second-order valence-corrected chi connectivity index (χ2v) is 7.31. The molecule has 0 radical (unpaired) electrons.